The van der Waals surface area contributed by atoms with Gasteiger partial charge in [-0.25, -0.2) is 9.78 Å². The molecule has 2 heterocycles. The van der Waals surface area contributed by atoms with Crippen LogP contribution in [0.15, 0.2) is 12.1 Å². The Morgan fingerprint density at radius 1 is 1.35 bits per heavy atom. The summed E-state index contributed by atoms with van der Waals surface area (Å²) in [6, 6.07) is 3.41. The Morgan fingerprint density at radius 3 is 2.70 bits per heavy atom. The first kappa shape index (κ1) is 14.5. The van der Waals surface area contributed by atoms with Crippen molar-refractivity contribution in [3.8, 4) is 0 Å². The van der Waals surface area contributed by atoms with Crippen LogP contribution in [-0.2, 0) is 9.53 Å². The lowest BCUT2D eigenvalue weighted by Gasteiger charge is -2.35. The number of rotatable bonds is 3. The number of esters is 1. The first-order chi connectivity index (χ1) is 9.54. The molecule has 20 heavy (non-hydrogen) atoms. The molecule has 0 radical (unpaired) electrons. The maximum absolute atomic E-state index is 11.7. The standard InChI is InChI=1S/C15H20N2O3/c1-10-12(15(19)20-3)7-8-14(16-10)17-9-5-4-6-13(17)11(2)18/h7-8,13H,4-6,9H2,1-3H3. The Balaban J connectivity index is 2.30. The smallest absolute Gasteiger partial charge is 0.339 e. The fraction of sp³-hybridized carbons (Fsp3) is 0.533. The number of piperidine rings is 1. The molecule has 1 saturated heterocycles. The monoisotopic (exact) mass is 276 g/mol. The van der Waals surface area contributed by atoms with Crippen molar-refractivity contribution in [3.05, 3.63) is 23.4 Å². The average Bonchev–Trinajstić information content (AvgIpc) is 2.46. The molecule has 1 atom stereocenters. The summed E-state index contributed by atoms with van der Waals surface area (Å²) in [6.45, 7) is 4.23. The predicted molar refractivity (Wildman–Crippen MR) is 76.0 cm³/mol. The number of aromatic nitrogens is 1. The molecule has 0 spiro atoms. The number of aryl methyl sites for hydroxylation is 1. The molecular formula is C15H20N2O3. The van der Waals surface area contributed by atoms with E-state index in [-0.39, 0.29) is 17.8 Å². The van der Waals surface area contributed by atoms with Gasteiger partial charge >= 0.3 is 5.97 Å². The van der Waals surface area contributed by atoms with E-state index >= 15 is 0 Å². The molecule has 1 aliphatic rings. The molecule has 0 saturated carbocycles. The maximum atomic E-state index is 11.7. The summed E-state index contributed by atoms with van der Waals surface area (Å²) in [6.07, 6.45) is 3.00. The zero-order valence-electron chi connectivity index (χ0n) is 12.2. The Bertz CT molecular complexity index is 528. The number of hydrogen-bond acceptors (Lipinski definition) is 5. The Morgan fingerprint density at radius 2 is 2.10 bits per heavy atom. The van der Waals surface area contributed by atoms with Crippen LogP contribution in [0, 0.1) is 6.92 Å². The maximum Gasteiger partial charge on any atom is 0.339 e. The van der Waals surface area contributed by atoms with Crippen LogP contribution < -0.4 is 4.90 Å². The number of methoxy groups -OCH3 is 1. The van der Waals surface area contributed by atoms with Gasteiger partial charge in [0, 0.05) is 6.54 Å². The van der Waals surface area contributed by atoms with Gasteiger partial charge in [0.15, 0.2) is 5.78 Å². The summed E-state index contributed by atoms with van der Waals surface area (Å²) in [5.74, 6) is 0.541. The van der Waals surface area contributed by atoms with Crippen LogP contribution in [0.1, 0.15) is 42.2 Å². The fourth-order valence-electron chi connectivity index (χ4n) is 2.66. The second-order valence-electron chi connectivity index (χ2n) is 5.11. The highest BCUT2D eigenvalue weighted by Gasteiger charge is 2.27. The Kier molecular flexibility index (Phi) is 4.37. The number of ketones is 1. The molecule has 0 bridgehead atoms. The van der Waals surface area contributed by atoms with Gasteiger partial charge in [0.05, 0.1) is 24.4 Å². The second-order valence-corrected chi connectivity index (χ2v) is 5.11. The van der Waals surface area contributed by atoms with Crippen molar-refractivity contribution in [1.29, 1.82) is 0 Å². The highest BCUT2D eigenvalue weighted by Crippen LogP contribution is 2.25. The van der Waals surface area contributed by atoms with Gasteiger partial charge in [-0.05, 0) is 45.2 Å². The molecule has 5 nitrogen and oxygen atoms in total. The number of Topliss-reactive ketones (excluding diaryl/α,β-unsaturated/α-hetero) is 1. The molecule has 1 aromatic heterocycles. The Hall–Kier alpha value is -1.91. The summed E-state index contributed by atoms with van der Waals surface area (Å²) in [4.78, 5) is 29.8. The molecule has 1 aliphatic heterocycles. The van der Waals surface area contributed by atoms with Crippen LogP contribution in [0.2, 0.25) is 0 Å². The molecular weight excluding hydrogens is 256 g/mol. The number of hydrogen-bond donors (Lipinski definition) is 0. The highest BCUT2D eigenvalue weighted by molar-refractivity contribution is 5.91. The van der Waals surface area contributed by atoms with Crippen molar-refractivity contribution >= 4 is 17.6 Å². The van der Waals surface area contributed by atoms with Crippen LogP contribution in [0.5, 0.6) is 0 Å². The van der Waals surface area contributed by atoms with Crippen molar-refractivity contribution in [3.63, 3.8) is 0 Å². The van der Waals surface area contributed by atoms with Gasteiger partial charge in [0.1, 0.15) is 5.82 Å². The molecule has 0 N–H and O–H groups in total. The number of carbonyl (C=O) groups excluding carboxylic acids is 2. The molecule has 2 rings (SSSR count). The van der Waals surface area contributed by atoms with E-state index in [9.17, 15) is 9.59 Å². The normalized spacial score (nSPS) is 18.8. The van der Waals surface area contributed by atoms with E-state index in [0.717, 1.165) is 31.6 Å². The Labute approximate surface area is 118 Å². The predicted octanol–water partition coefficient (Wildman–Crippen LogP) is 2.12. The van der Waals surface area contributed by atoms with Gasteiger partial charge in [-0.3, -0.25) is 4.79 Å². The van der Waals surface area contributed by atoms with Crippen LogP contribution in [0.3, 0.4) is 0 Å². The van der Waals surface area contributed by atoms with Crippen LogP contribution in [0.4, 0.5) is 5.82 Å². The van der Waals surface area contributed by atoms with Gasteiger partial charge in [-0.15, -0.1) is 0 Å². The number of nitrogens with zero attached hydrogens (tertiary/aromatic N) is 2. The zero-order chi connectivity index (χ0) is 14.7. The first-order valence-corrected chi connectivity index (χ1v) is 6.87. The lowest BCUT2D eigenvalue weighted by atomic mass is 9.99. The van der Waals surface area contributed by atoms with Crippen molar-refractivity contribution < 1.29 is 14.3 Å². The van der Waals surface area contributed by atoms with Gasteiger partial charge in [0.25, 0.3) is 0 Å². The lowest BCUT2D eigenvalue weighted by Crippen LogP contribution is -2.44. The van der Waals surface area contributed by atoms with E-state index < -0.39 is 0 Å². The lowest BCUT2D eigenvalue weighted by molar-refractivity contribution is -0.118. The number of anilines is 1. The van der Waals surface area contributed by atoms with E-state index in [1.165, 1.54) is 7.11 Å². The van der Waals surface area contributed by atoms with Crippen LogP contribution in [-0.4, -0.2) is 36.4 Å². The van der Waals surface area contributed by atoms with E-state index in [0.29, 0.717) is 11.3 Å². The molecule has 1 fully saturated rings. The molecule has 0 aromatic carbocycles. The molecule has 1 unspecified atom stereocenters. The van der Waals surface area contributed by atoms with Crippen molar-refractivity contribution in [2.75, 3.05) is 18.6 Å². The van der Waals surface area contributed by atoms with Gasteiger partial charge in [0.2, 0.25) is 0 Å². The van der Waals surface area contributed by atoms with E-state index in [4.69, 9.17) is 4.74 Å². The minimum Gasteiger partial charge on any atom is -0.465 e. The van der Waals surface area contributed by atoms with E-state index in [2.05, 4.69) is 4.98 Å². The van der Waals surface area contributed by atoms with Gasteiger partial charge < -0.3 is 9.64 Å². The molecule has 0 amide bonds. The molecule has 5 heteroatoms. The van der Waals surface area contributed by atoms with Crippen molar-refractivity contribution in [2.24, 2.45) is 0 Å². The van der Waals surface area contributed by atoms with Crippen LogP contribution in [0.25, 0.3) is 0 Å². The number of pyridine rings is 1. The number of ether oxygens (including phenoxy) is 1. The van der Waals surface area contributed by atoms with Crippen molar-refractivity contribution in [2.45, 2.75) is 39.2 Å². The summed E-state index contributed by atoms with van der Waals surface area (Å²) in [5, 5.41) is 0. The topological polar surface area (TPSA) is 59.5 Å². The first-order valence-electron chi connectivity index (χ1n) is 6.87. The van der Waals surface area contributed by atoms with Crippen molar-refractivity contribution in [1.82, 2.24) is 4.98 Å². The third kappa shape index (κ3) is 2.81. The minimum atomic E-state index is -0.386. The average molecular weight is 276 g/mol. The number of carbonyl (C=O) groups is 2. The van der Waals surface area contributed by atoms with Gasteiger partial charge in [-0.2, -0.15) is 0 Å². The SMILES string of the molecule is COC(=O)c1ccc(N2CCCCC2C(C)=O)nc1C. The fourth-order valence-corrected chi connectivity index (χ4v) is 2.66. The van der Waals surface area contributed by atoms with E-state index in [1.807, 2.05) is 4.90 Å². The minimum absolute atomic E-state index is 0.0976. The summed E-state index contributed by atoms with van der Waals surface area (Å²) in [5.41, 5.74) is 1.09. The third-order valence-corrected chi connectivity index (χ3v) is 3.74. The highest BCUT2D eigenvalue weighted by atomic mass is 16.5. The molecule has 0 aliphatic carbocycles. The third-order valence-electron chi connectivity index (χ3n) is 3.74. The summed E-state index contributed by atoms with van der Waals surface area (Å²) in [7, 11) is 1.35. The zero-order valence-corrected chi connectivity index (χ0v) is 12.2. The molecule has 1 aromatic rings. The second kappa shape index (κ2) is 6.03. The van der Waals surface area contributed by atoms with Crippen LogP contribution >= 0.6 is 0 Å². The summed E-state index contributed by atoms with van der Waals surface area (Å²) >= 11 is 0. The summed E-state index contributed by atoms with van der Waals surface area (Å²) < 4.78 is 4.72. The largest absolute Gasteiger partial charge is 0.465 e. The van der Waals surface area contributed by atoms with Gasteiger partial charge in [-0.1, -0.05) is 0 Å². The van der Waals surface area contributed by atoms with E-state index in [1.54, 1.807) is 26.0 Å². The quantitative estimate of drug-likeness (QED) is 0.791. The molecule has 108 valence electrons.